The number of aryl methyl sites for hydroxylation is 2. The number of benzene rings is 1. The predicted octanol–water partition coefficient (Wildman–Crippen LogP) is 3.00. The van der Waals surface area contributed by atoms with Gasteiger partial charge in [0.15, 0.2) is 11.8 Å². The Morgan fingerprint density at radius 3 is 2.78 bits per heavy atom. The van der Waals surface area contributed by atoms with E-state index in [0.717, 1.165) is 29.8 Å². The zero-order valence-corrected chi connectivity index (χ0v) is 18.4. The van der Waals surface area contributed by atoms with Crippen molar-refractivity contribution < 1.29 is 9.26 Å². The molecule has 2 N–H and O–H groups in total. The second kappa shape index (κ2) is 10.5. The minimum atomic E-state index is 0. The van der Waals surface area contributed by atoms with Gasteiger partial charge in [-0.3, -0.25) is 4.99 Å². The Morgan fingerprint density at radius 2 is 2.11 bits per heavy atom. The number of nitrogens with zero attached hydrogens (tertiary/aromatic N) is 3. The molecule has 0 unspecified atom stereocenters. The van der Waals surface area contributed by atoms with Gasteiger partial charge in [0.1, 0.15) is 5.75 Å². The van der Waals surface area contributed by atoms with Crippen LogP contribution in [-0.2, 0) is 13.0 Å². The van der Waals surface area contributed by atoms with E-state index in [9.17, 15) is 0 Å². The van der Waals surface area contributed by atoms with E-state index < -0.39 is 0 Å². The molecule has 0 aliphatic heterocycles. The predicted molar refractivity (Wildman–Crippen MR) is 116 cm³/mol. The number of rotatable bonds is 8. The highest BCUT2D eigenvalue weighted by atomic mass is 127. The Balaban J connectivity index is 0.00000261. The molecule has 0 bridgehead atoms. The molecule has 0 amide bonds. The van der Waals surface area contributed by atoms with Crippen molar-refractivity contribution in [2.75, 3.05) is 20.2 Å². The summed E-state index contributed by atoms with van der Waals surface area (Å²) in [4.78, 5) is 8.45. The van der Waals surface area contributed by atoms with Crippen molar-refractivity contribution in [2.45, 2.75) is 39.7 Å². The largest absolute Gasteiger partial charge is 0.493 e. The van der Waals surface area contributed by atoms with E-state index in [4.69, 9.17) is 9.26 Å². The number of aromatic nitrogens is 2. The highest BCUT2D eigenvalue weighted by Crippen LogP contribution is 2.30. The standard InChI is InChI=1S/C19H27N5O2.HI/c1-13-4-7-16(17(10-13)25-12-15-5-6-15)11-22-19(20-3)21-9-8-18-23-14(2)24-26-18;/h4,7,10,15H,5-6,8-9,11-12H2,1-3H3,(H2,20,21,22);1H. The van der Waals surface area contributed by atoms with Crippen LogP contribution < -0.4 is 15.4 Å². The maximum Gasteiger partial charge on any atom is 0.228 e. The second-order valence-electron chi connectivity index (χ2n) is 6.70. The van der Waals surface area contributed by atoms with Gasteiger partial charge in [-0.2, -0.15) is 4.98 Å². The molecule has 2 aromatic rings. The molecular formula is C19H28IN5O2. The van der Waals surface area contributed by atoms with E-state index in [2.05, 4.69) is 50.9 Å². The number of halogens is 1. The topological polar surface area (TPSA) is 84.6 Å². The smallest absolute Gasteiger partial charge is 0.228 e. The summed E-state index contributed by atoms with van der Waals surface area (Å²) in [7, 11) is 1.76. The minimum absolute atomic E-state index is 0. The lowest BCUT2D eigenvalue weighted by atomic mass is 10.1. The average molecular weight is 485 g/mol. The first-order valence-corrected chi connectivity index (χ1v) is 9.10. The molecule has 7 nitrogen and oxygen atoms in total. The van der Waals surface area contributed by atoms with Crippen LogP contribution in [0.5, 0.6) is 5.75 Å². The Morgan fingerprint density at radius 1 is 1.30 bits per heavy atom. The van der Waals surface area contributed by atoms with Crippen molar-refractivity contribution in [3.8, 4) is 5.75 Å². The van der Waals surface area contributed by atoms with Crippen LogP contribution in [0, 0.1) is 19.8 Å². The molecular weight excluding hydrogens is 457 g/mol. The molecule has 3 rings (SSSR count). The summed E-state index contributed by atoms with van der Waals surface area (Å²) in [6, 6.07) is 6.32. The molecule has 1 aliphatic rings. The molecule has 27 heavy (non-hydrogen) atoms. The highest BCUT2D eigenvalue weighted by Gasteiger charge is 2.22. The van der Waals surface area contributed by atoms with Gasteiger partial charge in [-0.05, 0) is 44.2 Å². The molecule has 1 aromatic heterocycles. The van der Waals surface area contributed by atoms with Crippen molar-refractivity contribution in [1.29, 1.82) is 0 Å². The normalized spacial score (nSPS) is 13.8. The van der Waals surface area contributed by atoms with Crippen LogP contribution in [0.3, 0.4) is 0 Å². The van der Waals surface area contributed by atoms with Crippen LogP contribution in [0.2, 0.25) is 0 Å². The third-order valence-corrected chi connectivity index (χ3v) is 4.26. The summed E-state index contributed by atoms with van der Waals surface area (Å²) in [5.74, 6) is 3.70. The van der Waals surface area contributed by atoms with Crippen LogP contribution in [-0.4, -0.2) is 36.3 Å². The van der Waals surface area contributed by atoms with Gasteiger partial charge in [0.05, 0.1) is 6.61 Å². The van der Waals surface area contributed by atoms with Crippen LogP contribution in [0.4, 0.5) is 0 Å². The monoisotopic (exact) mass is 485 g/mol. The molecule has 0 spiro atoms. The molecule has 8 heteroatoms. The summed E-state index contributed by atoms with van der Waals surface area (Å²) < 4.78 is 11.1. The van der Waals surface area contributed by atoms with E-state index in [0.29, 0.717) is 31.2 Å². The maximum absolute atomic E-state index is 6.02. The molecule has 1 aliphatic carbocycles. The fraction of sp³-hybridized carbons (Fsp3) is 0.526. The molecule has 1 fully saturated rings. The van der Waals surface area contributed by atoms with E-state index in [1.807, 2.05) is 6.92 Å². The lowest BCUT2D eigenvalue weighted by molar-refractivity contribution is 0.296. The number of guanidine groups is 1. The maximum atomic E-state index is 6.02. The van der Waals surface area contributed by atoms with Gasteiger partial charge in [-0.1, -0.05) is 17.3 Å². The second-order valence-corrected chi connectivity index (χ2v) is 6.70. The molecule has 0 atom stereocenters. The van der Waals surface area contributed by atoms with E-state index in [-0.39, 0.29) is 24.0 Å². The minimum Gasteiger partial charge on any atom is -0.493 e. The van der Waals surface area contributed by atoms with Crippen molar-refractivity contribution in [3.05, 3.63) is 41.0 Å². The first-order valence-electron chi connectivity index (χ1n) is 9.10. The quantitative estimate of drug-likeness (QED) is 0.340. The Hall–Kier alpha value is -1.84. The van der Waals surface area contributed by atoms with Gasteiger partial charge in [0.2, 0.25) is 5.89 Å². The van der Waals surface area contributed by atoms with Crippen molar-refractivity contribution >= 4 is 29.9 Å². The lowest BCUT2D eigenvalue weighted by Crippen LogP contribution is -2.38. The fourth-order valence-electron chi connectivity index (χ4n) is 2.56. The summed E-state index contributed by atoms with van der Waals surface area (Å²) in [6.07, 6.45) is 3.23. The number of hydrogen-bond acceptors (Lipinski definition) is 5. The Labute approximate surface area is 177 Å². The fourth-order valence-corrected chi connectivity index (χ4v) is 2.56. The van der Waals surface area contributed by atoms with E-state index in [1.54, 1.807) is 7.05 Å². The Kier molecular flexibility index (Phi) is 8.33. The first kappa shape index (κ1) is 21.5. The molecule has 1 aromatic carbocycles. The van der Waals surface area contributed by atoms with Gasteiger partial charge < -0.3 is 19.9 Å². The zero-order chi connectivity index (χ0) is 18.4. The third-order valence-electron chi connectivity index (χ3n) is 4.26. The first-order chi connectivity index (χ1) is 12.6. The molecule has 1 heterocycles. The van der Waals surface area contributed by atoms with Gasteiger partial charge >= 0.3 is 0 Å². The van der Waals surface area contributed by atoms with Gasteiger partial charge in [-0.25, -0.2) is 0 Å². The summed E-state index contributed by atoms with van der Waals surface area (Å²) >= 11 is 0. The van der Waals surface area contributed by atoms with Crippen molar-refractivity contribution in [2.24, 2.45) is 10.9 Å². The van der Waals surface area contributed by atoms with Crippen LogP contribution in [0.1, 0.15) is 35.7 Å². The van der Waals surface area contributed by atoms with Crippen LogP contribution in [0.25, 0.3) is 0 Å². The van der Waals surface area contributed by atoms with E-state index in [1.165, 1.54) is 18.4 Å². The Bertz CT molecular complexity index is 758. The zero-order valence-electron chi connectivity index (χ0n) is 16.1. The van der Waals surface area contributed by atoms with Crippen LogP contribution >= 0.6 is 24.0 Å². The highest BCUT2D eigenvalue weighted by molar-refractivity contribution is 14.0. The number of hydrogen-bond donors (Lipinski definition) is 2. The molecule has 148 valence electrons. The summed E-state index contributed by atoms with van der Waals surface area (Å²) in [5.41, 5.74) is 2.34. The van der Waals surface area contributed by atoms with Gasteiger partial charge in [-0.15, -0.1) is 24.0 Å². The van der Waals surface area contributed by atoms with Gasteiger partial charge in [0.25, 0.3) is 0 Å². The van der Waals surface area contributed by atoms with Crippen LogP contribution in [0.15, 0.2) is 27.7 Å². The average Bonchev–Trinajstić information content (AvgIpc) is 3.37. The third kappa shape index (κ3) is 7.00. The van der Waals surface area contributed by atoms with Crippen molar-refractivity contribution in [3.63, 3.8) is 0 Å². The summed E-state index contributed by atoms with van der Waals surface area (Å²) in [6.45, 7) is 6.03. The number of ether oxygens (including phenoxy) is 1. The SMILES string of the molecule is CN=C(NCCc1nc(C)no1)NCc1ccc(C)cc1OCC1CC1.I. The summed E-state index contributed by atoms with van der Waals surface area (Å²) in [5, 5.41) is 10.4. The molecule has 0 saturated heterocycles. The van der Waals surface area contributed by atoms with E-state index >= 15 is 0 Å². The van der Waals surface area contributed by atoms with Crippen molar-refractivity contribution in [1.82, 2.24) is 20.8 Å². The molecule has 1 saturated carbocycles. The lowest BCUT2D eigenvalue weighted by Gasteiger charge is -2.15. The number of aliphatic imine (C=N–C) groups is 1. The molecule has 0 radical (unpaired) electrons. The number of nitrogens with one attached hydrogen (secondary N) is 2. The van der Waals surface area contributed by atoms with Gasteiger partial charge in [0, 0.05) is 32.1 Å².